The molecule has 0 radical (unpaired) electrons. The molecule has 1 aromatic heterocycles. The van der Waals surface area contributed by atoms with Crippen molar-refractivity contribution in [1.82, 2.24) is 5.32 Å². The summed E-state index contributed by atoms with van der Waals surface area (Å²) in [6, 6.07) is 2.55. The third-order valence-corrected chi connectivity index (χ3v) is 6.12. The first kappa shape index (κ1) is 22.2. The fourth-order valence-corrected chi connectivity index (χ4v) is 4.24. The van der Waals surface area contributed by atoms with Crippen LogP contribution in [0.1, 0.15) is 42.9 Å². The molecule has 0 bridgehead atoms. The van der Waals surface area contributed by atoms with E-state index in [0.717, 1.165) is 42.2 Å². The number of amides is 1. The monoisotopic (exact) mass is 432 g/mol. The first-order valence-electron chi connectivity index (χ1n) is 10.1. The highest BCUT2D eigenvalue weighted by Crippen LogP contribution is 2.32. The quantitative estimate of drug-likeness (QED) is 0.633. The normalized spacial score (nSPS) is 15.3. The summed E-state index contributed by atoms with van der Waals surface area (Å²) in [6.07, 6.45) is 4.80. The number of aliphatic carboxylic acids is 1. The Morgan fingerprint density at radius 1 is 1.27 bits per heavy atom. The van der Waals surface area contributed by atoms with E-state index in [1.165, 1.54) is 11.8 Å². The Morgan fingerprint density at radius 2 is 1.97 bits per heavy atom. The number of carbonyl (C=O) groups excluding carboxylic acids is 2. The van der Waals surface area contributed by atoms with Gasteiger partial charge in [-0.3, -0.25) is 4.79 Å². The third kappa shape index (κ3) is 4.64. The van der Waals surface area contributed by atoms with Crippen molar-refractivity contribution in [3.8, 4) is 5.75 Å². The summed E-state index contributed by atoms with van der Waals surface area (Å²) in [6.45, 7) is 3.33. The first-order valence-corrected chi connectivity index (χ1v) is 11.5. The van der Waals surface area contributed by atoms with Gasteiger partial charge in [0.05, 0.1) is 12.0 Å². The van der Waals surface area contributed by atoms with Crippen LogP contribution in [0.5, 0.6) is 5.75 Å². The Bertz CT molecular complexity index is 1010. The van der Waals surface area contributed by atoms with Crippen LogP contribution in [0.4, 0.5) is 0 Å². The zero-order valence-electron chi connectivity index (χ0n) is 17.4. The van der Waals surface area contributed by atoms with E-state index in [2.05, 4.69) is 5.32 Å². The predicted octanol–water partition coefficient (Wildman–Crippen LogP) is 1.74. The van der Waals surface area contributed by atoms with E-state index in [4.69, 9.17) is 9.15 Å². The van der Waals surface area contributed by atoms with Gasteiger partial charge in [-0.2, -0.15) is 11.8 Å². The molecular formula is C22H26NO6S-. The maximum atomic E-state index is 12.4. The van der Waals surface area contributed by atoms with Crippen molar-refractivity contribution in [3.63, 3.8) is 0 Å². The van der Waals surface area contributed by atoms with Gasteiger partial charge in [0, 0.05) is 16.5 Å². The highest BCUT2D eigenvalue weighted by Gasteiger charge is 2.23. The minimum Gasteiger partial charge on any atom is -0.548 e. The number of fused-ring (bicyclic) bond motifs is 3. The van der Waals surface area contributed by atoms with Crippen LogP contribution in [0.25, 0.3) is 11.0 Å². The number of hydrogen-bond acceptors (Lipinski definition) is 7. The number of nitrogens with one attached hydrogen (secondary N) is 1. The molecule has 7 nitrogen and oxygen atoms in total. The number of thioether (sulfide) groups is 1. The lowest BCUT2D eigenvalue weighted by Gasteiger charge is -2.23. The van der Waals surface area contributed by atoms with Crippen molar-refractivity contribution in [1.29, 1.82) is 0 Å². The smallest absolute Gasteiger partial charge is 0.339 e. The summed E-state index contributed by atoms with van der Waals surface area (Å²) in [5, 5.41) is 14.6. The highest BCUT2D eigenvalue weighted by molar-refractivity contribution is 7.98. The number of rotatable bonds is 8. The van der Waals surface area contributed by atoms with Crippen LogP contribution in [0, 0.1) is 6.92 Å². The Kier molecular flexibility index (Phi) is 7.07. The van der Waals surface area contributed by atoms with Crippen molar-refractivity contribution in [2.75, 3.05) is 12.0 Å². The third-order valence-electron chi connectivity index (χ3n) is 5.47. The van der Waals surface area contributed by atoms with Crippen molar-refractivity contribution in [2.45, 2.75) is 58.1 Å². The molecule has 30 heavy (non-hydrogen) atoms. The molecule has 2 atom stereocenters. The fraction of sp³-hybridized carbons (Fsp3) is 0.500. The number of benzene rings is 1. The van der Waals surface area contributed by atoms with Crippen molar-refractivity contribution in [2.24, 2.45) is 0 Å². The second-order valence-electron chi connectivity index (χ2n) is 7.54. The summed E-state index contributed by atoms with van der Waals surface area (Å²) >= 11 is 1.49. The topological polar surface area (TPSA) is 109 Å². The summed E-state index contributed by atoms with van der Waals surface area (Å²) in [7, 11) is 0. The Balaban J connectivity index is 1.81. The van der Waals surface area contributed by atoms with Crippen molar-refractivity contribution in [3.05, 3.63) is 39.2 Å². The zero-order chi connectivity index (χ0) is 21.8. The first-order chi connectivity index (χ1) is 14.3. The van der Waals surface area contributed by atoms with Gasteiger partial charge in [-0.05, 0) is 75.7 Å². The maximum absolute atomic E-state index is 12.4. The molecule has 0 aliphatic heterocycles. The minimum atomic E-state index is -1.32. The average Bonchev–Trinajstić information content (AvgIpc) is 2.73. The van der Waals surface area contributed by atoms with Gasteiger partial charge in [-0.25, -0.2) is 4.79 Å². The number of ether oxygens (including phenoxy) is 1. The average molecular weight is 433 g/mol. The Hall–Kier alpha value is -2.48. The molecule has 1 aromatic carbocycles. The highest BCUT2D eigenvalue weighted by atomic mass is 32.2. The van der Waals surface area contributed by atoms with E-state index in [9.17, 15) is 19.5 Å². The van der Waals surface area contributed by atoms with E-state index in [-0.39, 0.29) is 12.0 Å². The molecule has 0 fully saturated rings. The molecule has 0 unspecified atom stereocenters. The largest absolute Gasteiger partial charge is 0.548 e. The molecule has 1 aliphatic carbocycles. The number of carboxylic acids is 1. The number of carboxylic acid groups (broad SMARTS) is 1. The van der Waals surface area contributed by atoms with E-state index in [1.807, 2.05) is 12.3 Å². The van der Waals surface area contributed by atoms with E-state index >= 15 is 0 Å². The number of hydrogen-bond donors (Lipinski definition) is 1. The molecule has 8 heteroatoms. The zero-order valence-corrected chi connectivity index (χ0v) is 18.2. The lowest BCUT2D eigenvalue weighted by atomic mass is 9.90. The minimum absolute atomic E-state index is 0.271. The Morgan fingerprint density at radius 3 is 2.63 bits per heavy atom. The molecule has 162 valence electrons. The summed E-state index contributed by atoms with van der Waals surface area (Å²) < 4.78 is 11.4. The molecule has 1 amide bonds. The summed E-state index contributed by atoms with van der Waals surface area (Å²) in [5.41, 5.74) is 2.59. The molecule has 1 aliphatic rings. The van der Waals surface area contributed by atoms with Gasteiger partial charge >= 0.3 is 5.63 Å². The van der Waals surface area contributed by atoms with Crippen molar-refractivity contribution >= 4 is 34.6 Å². The van der Waals surface area contributed by atoms with Crippen LogP contribution < -0.4 is 20.8 Å². The van der Waals surface area contributed by atoms with Crippen LogP contribution in [0.3, 0.4) is 0 Å². The van der Waals surface area contributed by atoms with Gasteiger partial charge in [0.2, 0.25) is 0 Å². The van der Waals surface area contributed by atoms with Gasteiger partial charge < -0.3 is 24.4 Å². The van der Waals surface area contributed by atoms with Crippen LogP contribution in [0.2, 0.25) is 0 Å². The maximum Gasteiger partial charge on any atom is 0.339 e. The lowest BCUT2D eigenvalue weighted by Crippen LogP contribution is -2.51. The van der Waals surface area contributed by atoms with Gasteiger partial charge in [-0.15, -0.1) is 0 Å². The molecule has 1 heterocycles. The van der Waals surface area contributed by atoms with Crippen LogP contribution in [0.15, 0.2) is 21.3 Å². The summed E-state index contributed by atoms with van der Waals surface area (Å²) in [4.78, 5) is 36.1. The predicted molar refractivity (Wildman–Crippen MR) is 114 cm³/mol. The van der Waals surface area contributed by atoms with Crippen LogP contribution in [-0.2, 0) is 22.4 Å². The van der Waals surface area contributed by atoms with Gasteiger partial charge in [0.1, 0.15) is 11.3 Å². The fourth-order valence-electron chi connectivity index (χ4n) is 3.77. The standard InChI is InChI=1S/C22H27NO6S/c1-12-18(28-13(2)20(24)23-17(21(25)26)10-11-30-3)9-8-15-14-6-4-5-7-16(14)22(27)29-19(12)15/h8-9,13,17H,4-7,10-11H2,1-3H3,(H,23,24)(H,25,26)/p-1/t13-,17-/m0/s1. The second-order valence-corrected chi connectivity index (χ2v) is 8.53. The van der Waals surface area contributed by atoms with E-state index in [0.29, 0.717) is 22.6 Å². The van der Waals surface area contributed by atoms with Gasteiger partial charge in [-0.1, -0.05) is 0 Å². The summed E-state index contributed by atoms with van der Waals surface area (Å²) in [5.74, 6) is -0.866. The van der Waals surface area contributed by atoms with Gasteiger partial charge in [0.15, 0.2) is 6.10 Å². The van der Waals surface area contributed by atoms with E-state index < -0.39 is 24.0 Å². The molecular weight excluding hydrogens is 406 g/mol. The lowest BCUT2D eigenvalue weighted by molar-refractivity contribution is -0.308. The number of carbonyl (C=O) groups is 2. The molecule has 0 saturated carbocycles. The van der Waals surface area contributed by atoms with Crippen molar-refractivity contribution < 1.29 is 23.8 Å². The van der Waals surface area contributed by atoms with Crippen LogP contribution >= 0.6 is 11.8 Å². The molecule has 1 N–H and O–H groups in total. The SMILES string of the molecule is CSCC[C@H](NC(=O)[C@H](C)Oc1ccc2c3c(c(=O)oc2c1C)CCCC3)C(=O)[O-]. The molecule has 0 saturated heterocycles. The van der Waals surface area contributed by atoms with Gasteiger partial charge in [0.25, 0.3) is 5.91 Å². The van der Waals surface area contributed by atoms with E-state index in [1.54, 1.807) is 19.9 Å². The number of aryl methyl sites for hydroxylation is 2. The molecule has 2 aromatic rings. The Labute approximate surface area is 179 Å². The molecule has 0 spiro atoms. The second kappa shape index (κ2) is 9.55. The van der Waals surface area contributed by atoms with Crippen LogP contribution in [-0.4, -0.2) is 36.0 Å². The molecule has 3 rings (SSSR count).